The van der Waals surface area contributed by atoms with Crippen molar-refractivity contribution in [3.05, 3.63) is 30.1 Å². The molecule has 2 N–H and O–H groups in total. The van der Waals surface area contributed by atoms with E-state index in [1.54, 1.807) is 12.1 Å². The van der Waals surface area contributed by atoms with Gasteiger partial charge in [-0.15, -0.1) is 12.4 Å². The molecular formula is C15H24ClFN2O2. The molecule has 1 rings (SSSR count). The molecule has 0 aliphatic carbocycles. The molecule has 0 saturated carbocycles. The van der Waals surface area contributed by atoms with Crippen LogP contribution in [0.5, 0.6) is 5.75 Å². The number of rotatable bonds is 10. The largest absolute Gasteiger partial charge is 0.494 e. The average molecular weight is 319 g/mol. The maximum absolute atomic E-state index is 12.7. The second-order valence-corrected chi connectivity index (χ2v) is 4.51. The van der Waals surface area contributed by atoms with Crippen molar-refractivity contribution >= 4 is 18.3 Å². The van der Waals surface area contributed by atoms with Gasteiger partial charge in [0.1, 0.15) is 11.6 Å². The molecule has 0 aromatic heterocycles. The fourth-order valence-corrected chi connectivity index (χ4v) is 1.63. The Morgan fingerprint density at radius 1 is 1.19 bits per heavy atom. The first kappa shape index (κ1) is 19.7. The van der Waals surface area contributed by atoms with Gasteiger partial charge in [-0.2, -0.15) is 0 Å². The van der Waals surface area contributed by atoms with Crippen LogP contribution < -0.4 is 15.4 Å². The van der Waals surface area contributed by atoms with Gasteiger partial charge in [0.2, 0.25) is 5.91 Å². The minimum absolute atomic E-state index is 0. The molecule has 0 radical (unpaired) electrons. The third-order valence-electron chi connectivity index (χ3n) is 2.68. The molecule has 6 heteroatoms. The molecule has 0 fully saturated rings. The lowest BCUT2D eigenvalue weighted by atomic mass is 10.3. The van der Waals surface area contributed by atoms with Gasteiger partial charge < -0.3 is 15.4 Å². The van der Waals surface area contributed by atoms with Crippen LogP contribution in [0.4, 0.5) is 4.39 Å². The number of ether oxygens (including phenoxy) is 1. The summed E-state index contributed by atoms with van der Waals surface area (Å²) in [6, 6.07) is 5.86. The summed E-state index contributed by atoms with van der Waals surface area (Å²) in [5, 5.41) is 6.05. The summed E-state index contributed by atoms with van der Waals surface area (Å²) in [6.45, 7) is 4.98. The van der Waals surface area contributed by atoms with Gasteiger partial charge in [0.25, 0.3) is 0 Å². The molecule has 0 bridgehead atoms. The van der Waals surface area contributed by atoms with Crippen molar-refractivity contribution in [3.63, 3.8) is 0 Å². The summed E-state index contributed by atoms with van der Waals surface area (Å²) in [6.07, 6.45) is 2.18. The number of carbonyl (C=O) groups excluding carboxylic acids is 1. The Balaban J connectivity index is 0.00000400. The first-order valence-electron chi connectivity index (χ1n) is 7.08. The molecule has 4 nitrogen and oxygen atoms in total. The third-order valence-corrected chi connectivity index (χ3v) is 2.68. The summed E-state index contributed by atoms with van der Waals surface area (Å²) in [5.74, 6) is 0.370. The summed E-state index contributed by atoms with van der Waals surface area (Å²) < 4.78 is 18.1. The van der Waals surface area contributed by atoms with Gasteiger partial charge in [-0.05, 0) is 43.7 Å². The first-order valence-corrected chi connectivity index (χ1v) is 7.08. The number of hydrogen-bond acceptors (Lipinski definition) is 3. The Bertz CT molecular complexity index is 388. The third kappa shape index (κ3) is 10.1. The highest BCUT2D eigenvalue weighted by Crippen LogP contribution is 2.11. The standard InChI is InChI=1S/C15H23FN2O2.ClH/c1-2-9-17-10-11-18-15(19)4-3-12-20-14-7-5-13(16)6-8-14;/h5-8,17H,2-4,9-12H2,1H3,(H,18,19);1H. The Morgan fingerprint density at radius 3 is 2.57 bits per heavy atom. The van der Waals surface area contributed by atoms with E-state index in [-0.39, 0.29) is 24.1 Å². The molecular weight excluding hydrogens is 295 g/mol. The van der Waals surface area contributed by atoms with Crippen molar-refractivity contribution in [2.75, 3.05) is 26.2 Å². The molecule has 0 aliphatic heterocycles. The fourth-order valence-electron chi connectivity index (χ4n) is 1.63. The molecule has 0 aliphatic rings. The predicted octanol–water partition coefficient (Wildman–Crippen LogP) is 2.52. The highest BCUT2D eigenvalue weighted by molar-refractivity contribution is 5.85. The molecule has 1 aromatic rings. The quantitative estimate of drug-likeness (QED) is 0.652. The molecule has 0 heterocycles. The number of carbonyl (C=O) groups is 1. The zero-order valence-corrected chi connectivity index (χ0v) is 13.2. The fraction of sp³-hybridized carbons (Fsp3) is 0.533. The first-order chi connectivity index (χ1) is 9.72. The summed E-state index contributed by atoms with van der Waals surface area (Å²) in [7, 11) is 0. The molecule has 21 heavy (non-hydrogen) atoms. The second-order valence-electron chi connectivity index (χ2n) is 4.51. The Labute approximate surface area is 131 Å². The van der Waals surface area contributed by atoms with Crippen LogP contribution in [0.1, 0.15) is 26.2 Å². The van der Waals surface area contributed by atoms with E-state index in [2.05, 4.69) is 17.6 Å². The molecule has 0 spiro atoms. The van der Waals surface area contributed by atoms with Crippen LogP contribution in [-0.2, 0) is 4.79 Å². The Morgan fingerprint density at radius 2 is 1.90 bits per heavy atom. The molecule has 0 unspecified atom stereocenters. The van der Waals surface area contributed by atoms with Crippen molar-refractivity contribution in [3.8, 4) is 5.75 Å². The van der Waals surface area contributed by atoms with Gasteiger partial charge >= 0.3 is 0 Å². The predicted molar refractivity (Wildman–Crippen MR) is 84.5 cm³/mol. The van der Waals surface area contributed by atoms with Gasteiger partial charge in [0.05, 0.1) is 6.61 Å². The van der Waals surface area contributed by atoms with E-state index in [4.69, 9.17) is 4.74 Å². The number of nitrogens with one attached hydrogen (secondary N) is 2. The highest BCUT2D eigenvalue weighted by Gasteiger charge is 2.01. The lowest BCUT2D eigenvalue weighted by Gasteiger charge is -2.07. The van der Waals surface area contributed by atoms with E-state index in [1.807, 2.05) is 0 Å². The maximum atomic E-state index is 12.7. The van der Waals surface area contributed by atoms with Crippen molar-refractivity contribution in [2.24, 2.45) is 0 Å². The Kier molecular flexibility index (Phi) is 11.6. The van der Waals surface area contributed by atoms with E-state index in [1.165, 1.54) is 12.1 Å². The van der Waals surface area contributed by atoms with Crippen LogP contribution in [0, 0.1) is 5.82 Å². The second kappa shape index (κ2) is 12.4. The summed E-state index contributed by atoms with van der Waals surface area (Å²) in [4.78, 5) is 11.5. The normalized spacial score (nSPS) is 9.81. The molecule has 1 aromatic carbocycles. The smallest absolute Gasteiger partial charge is 0.220 e. The molecule has 120 valence electrons. The zero-order valence-electron chi connectivity index (χ0n) is 12.4. The molecule has 1 amide bonds. The van der Waals surface area contributed by atoms with Gasteiger partial charge in [0.15, 0.2) is 0 Å². The van der Waals surface area contributed by atoms with Crippen molar-refractivity contribution in [1.82, 2.24) is 10.6 Å². The number of amides is 1. The van der Waals surface area contributed by atoms with E-state index in [0.717, 1.165) is 19.5 Å². The zero-order chi connectivity index (χ0) is 14.6. The van der Waals surface area contributed by atoms with E-state index in [9.17, 15) is 9.18 Å². The maximum Gasteiger partial charge on any atom is 0.220 e. The lowest BCUT2D eigenvalue weighted by molar-refractivity contribution is -0.121. The minimum Gasteiger partial charge on any atom is -0.494 e. The number of benzene rings is 1. The van der Waals surface area contributed by atoms with Crippen LogP contribution in [0.2, 0.25) is 0 Å². The Hall–Kier alpha value is -1.33. The van der Waals surface area contributed by atoms with Crippen molar-refractivity contribution in [2.45, 2.75) is 26.2 Å². The van der Waals surface area contributed by atoms with Crippen molar-refractivity contribution < 1.29 is 13.9 Å². The number of hydrogen-bond donors (Lipinski definition) is 2. The number of halogens is 2. The minimum atomic E-state index is -0.284. The summed E-state index contributed by atoms with van der Waals surface area (Å²) >= 11 is 0. The van der Waals surface area contributed by atoms with Crippen LogP contribution >= 0.6 is 12.4 Å². The van der Waals surface area contributed by atoms with Crippen LogP contribution in [0.3, 0.4) is 0 Å². The van der Waals surface area contributed by atoms with Gasteiger partial charge in [0, 0.05) is 19.5 Å². The SMILES string of the molecule is CCCNCCNC(=O)CCCOc1ccc(F)cc1.Cl. The van der Waals surface area contributed by atoms with Gasteiger partial charge in [-0.3, -0.25) is 4.79 Å². The van der Waals surface area contributed by atoms with Gasteiger partial charge in [-0.1, -0.05) is 6.92 Å². The highest BCUT2D eigenvalue weighted by atomic mass is 35.5. The molecule has 0 saturated heterocycles. The average Bonchev–Trinajstić information content (AvgIpc) is 2.45. The summed E-state index contributed by atoms with van der Waals surface area (Å²) in [5.41, 5.74) is 0. The topological polar surface area (TPSA) is 50.4 Å². The van der Waals surface area contributed by atoms with E-state index < -0.39 is 0 Å². The van der Waals surface area contributed by atoms with Crippen LogP contribution in [0.25, 0.3) is 0 Å². The molecule has 0 atom stereocenters. The van der Waals surface area contributed by atoms with Crippen molar-refractivity contribution in [1.29, 1.82) is 0 Å². The monoisotopic (exact) mass is 318 g/mol. The van der Waals surface area contributed by atoms with E-state index >= 15 is 0 Å². The van der Waals surface area contributed by atoms with Crippen LogP contribution in [0.15, 0.2) is 24.3 Å². The van der Waals surface area contributed by atoms with Gasteiger partial charge in [-0.25, -0.2) is 4.39 Å². The van der Waals surface area contributed by atoms with E-state index in [0.29, 0.717) is 31.7 Å². The lowest BCUT2D eigenvalue weighted by Crippen LogP contribution is -2.32. The van der Waals surface area contributed by atoms with Crippen LogP contribution in [-0.4, -0.2) is 32.1 Å².